The summed E-state index contributed by atoms with van der Waals surface area (Å²) in [5, 5.41) is 0. The Bertz CT molecular complexity index is 956. The second-order valence-electron chi connectivity index (χ2n) is 6.73. The Balaban J connectivity index is 1.91. The number of likely N-dealkylation sites (N-methyl/N-ethyl adjacent to an activating group) is 1. The van der Waals surface area contributed by atoms with Crippen LogP contribution in [0.3, 0.4) is 0 Å². The maximum atomic E-state index is 13.0. The van der Waals surface area contributed by atoms with Crippen molar-refractivity contribution in [3.8, 4) is 0 Å². The molecule has 0 bridgehead atoms. The largest absolute Gasteiger partial charge is 0.456 e. The molecule has 0 spiro atoms. The number of rotatable bonds is 9. The van der Waals surface area contributed by atoms with Gasteiger partial charge in [0.1, 0.15) is 12.4 Å². The molecule has 0 heterocycles. The van der Waals surface area contributed by atoms with E-state index in [1.165, 1.54) is 7.05 Å². The maximum Gasteiger partial charge on any atom is 0.321 e. The first-order valence-corrected chi connectivity index (χ1v) is 10.6. The molecule has 0 saturated heterocycles. The summed E-state index contributed by atoms with van der Waals surface area (Å²) in [6.07, 6.45) is 0.985. The summed E-state index contributed by atoms with van der Waals surface area (Å²) in [4.78, 5) is 24.0. The van der Waals surface area contributed by atoms with Gasteiger partial charge in [0.25, 0.3) is 0 Å². The van der Waals surface area contributed by atoms with Crippen LogP contribution in [0.1, 0.15) is 42.1 Å². The van der Waals surface area contributed by atoms with E-state index in [1.807, 2.05) is 12.1 Å². The summed E-state index contributed by atoms with van der Waals surface area (Å²) in [5.74, 6) is -1.42. The molecule has 0 amide bonds. The molecule has 6 nitrogen and oxygen atoms in total. The molecule has 0 aliphatic rings. The number of ether oxygens (including phenoxy) is 1. The van der Waals surface area contributed by atoms with E-state index >= 15 is 0 Å². The van der Waals surface area contributed by atoms with E-state index < -0.39 is 35.0 Å². The minimum Gasteiger partial charge on any atom is -0.456 e. The number of hydrogen-bond donors (Lipinski definition) is 0. The predicted molar refractivity (Wildman–Crippen MR) is 107 cm³/mol. The van der Waals surface area contributed by atoms with Crippen molar-refractivity contribution in [2.24, 2.45) is 0 Å². The normalized spacial score (nSPS) is 12.6. The van der Waals surface area contributed by atoms with Crippen LogP contribution in [0.15, 0.2) is 53.4 Å². The van der Waals surface area contributed by atoms with E-state index in [4.69, 9.17) is 4.74 Å². The van der Waals surface area contributed by atoms with Crippen molar-refractivity contribution in [1.29, 1.82) is 0 Å². The monoisotopic (exact) mass is 421 g/mol. The fourth-order valence-corrected chi connectivity index (χ4v) is 3.68. The predicted octanol–water partition coefficient (Wildman–Crippen LogP) is 3.39. The second kappa shape index (κ2) is 9.76. The van der Waals surface area contributed by atoms with Gasteiger partial charge in [0.2, 0.25) is 10.0 Å². The molecule has 0 aliphatic heterocycles. The number of ketones is 1. The number of hydrogen-bond acceptors (Lipinski definition) is 5. The summed E-state index contributed by atoms with van der Waals surface area (Å²) in [6, 6.07) is 11.4. The topological polar surface area (TPSA) is 80.8 Å². The second-order valence-corrected chi connectivity index (χ2v) is 8.78. The van der Waals surface area contributed by atoms with Crippen LogP contribution in [0.4, 0.5) is 4.39 Å². The van der Waals surface area contributed by atoms with Crippen LogP contribution in [-0.4, -0.2) is 44.7 Å². The minimum absolute atomic E-state index is 0.147. The molecule has 29 heavy (non-hydrogen) atoms. The summed E-state index contributed by atoms with van der Waals surface area (Å²) >= 11 is 0. The standard InChI is InChI=1S/C21H24FNO5S/c1-4-15(2)16-5-7-17(8-6-16)20(24)14-28-21(25)13-23(3)29(26,27)19-11-9-18(22)10-12-19/h5-12,15H,4,13-14H2,1-3H3/t15-/m1/s1. The van der Waals surface area contributed by atoms with Crippen molar-refractivity contribution in [2.75, 3.05) is 20.2 Å². The zero-order valence-corrected chi connectivity index (χ0v) is 17.4. The number of halogens is 1. The molecule has 1 atom stereocenters. The molecule has 156 valence electrons. The number of carbonyl (C=O) groups is 2. The van der Waals surface area contributed by atoms with E-state index in [0.717, 1.165) is 40.6 Å². The first-order chi connectivity index (χ1) is 13.6. The highest BCUT2D eigenvalue weighted by atomic mass is 32.2. The van der Waals surface area contributed by atoms with Gasteiger partial charge in [-0.3, -0.25) is 9.59 Å². The van der Waals surface area contributed by atoms with Crippen molar-refractivity contribution in [2.45, 2.75) is 31.1 Å². The molecule has 0 radical (unpaired) electrons. The third-order valence-electron chi connectivity index (χ3n) is 4.65. The van der Waals surface area contributed by atoms with Crippen LogP contribution in [-0.2, 0) is 19.6 Å². The molecule has 2 aromatic carbocycles. The van der Waals surface area contributed by atoms with Crippen LogP contribution in [0, 0.1) is 5.82 Å². The minimum atomic E-state index is -3.98. The van der Waals surface area contributed by atoms with Crippen molar-refractivity contribution in [1.82, 2.24) is 4.31 Å². The summed E-state index contributed by atoms with van der Waals surface area (Å²) in [7, 11) is -2.77. The third-order valence-corrected chi connectivity index (χ3v) is 6.47. The van der Waals surface area contributed by atoms with Crippen molar-refractivity contribution in [3.05, 3.63) is 65.5 Å². The maximum absolute atomic E-state index is 13.0. The van der Waals surface area contributed by atoms with Crippen LogP contribution in [0.25, 0.3) is 0 Å². The highest BCUT2D eigenvalue weighted by molar-refractivity contribution is 7.89. The SMILES string of the molecule is CC[C@@H](C)c1ccc(C(=O)COC(=O)CN(C)S(=O)(=O)c2ccc(F)cc2)cc1. The van der Waals surface area contributed by atoms with Gasteiger partial charge in [0, 0.05) is 12.6 Å². The summed E-state index contributed by atoms with van der Waals surface area (Å²) in [6.45, 7) is 3.12. The molecule has 0 aromatic heterocycles. The quantitative estimate of drug-likeness (QED) is 0.458. The molecule has 0 aliphatic carbocycles. The Hall–Kier alpha value is -2.58. The smallest absolute Gasteiger partial charge is 0.321 e. The lowest BCUT2D eigenvalue weighted by atomic mass is 9.97. The van der Waals surface area contributed by atoms with Crippen LogP contribution in [0.5, 0.6) is 0 Å². The first-order valence-electron chi connectivity index (χ1n) is 9.15. The lowest BCUT2D eigenvalue weighted by Crippen LogP contribution is -2.33. The van der Waals surface area contributed by atoms with Crippen LogP contribution >= 0.6 is 0 Å². The molecule has 8 heteroatoms. The van der Waals surface area contributed by atoms with Crippen molar-refractivity contribution < 1.29 is 27.1 Å². The Labute approximate surface area is 170 Å². The van der Waals surface area contributed by atoms with Crippen LogP contribution in [0.2, 0.25) is 0 Å². The molecule has 2 aromatic rings. The van der Waals surface area contributed by atoms with E-state index in [0.29, 0.717) is 11.5 Å². The number of carbonyl (C=O) groups excluding carboxylic acids is 2. The average molecular weight is 421 g/mol. The fourth-order valence-electron chi connectivity index (χ4n) is 2.56. The average Bonchev–Trinajstić information content (AvgIpc) is 2.71. The van der Waals surface area contributed by atoms with Gasteiger partial charge in [-0.05, 0) is 42.2 Å². The zero-order chi connectivity index (χ0) is 21.6. The number of sulfonamides is 1. The lowest BCUT2D eigenvalue weighted by Gasteiger charge is -2.16. The number of nitrogens with zero attached hydrogens (tertiary/aromatic N) is 1. The Morgan fingerprint density at radius 1 is 1.07 bits per heavy atom. The van der Waals surface area contributed by atoms with Crippen LogP contribution < -0.4 is 0 Å². The fraction of sp³-hybridized carbons (Fsp3) is 0.333. The van der Waals surface area contributed by atoms with E-state index in [2.05, 4.69) is 13.8 Å². The third kappa shape index (κ3) is 5.95. The molecule has 2 rings (SSSR count). The van der Waals surface area contributed by atoms with Gasteiger partial charge < -0.3 is 4.74 Å². The number of esters is 1. The van der Waals surface area contributed by atoms with Gasteiger partial charge in [0.05, 0.1) is 4.90 Å². The highest BCUT2D eigenvalue weighted by Gasteiger charge is 2.24. The Morgan fingerprint density at radius 2 is 1.66 bits per heavy atom. The molecule has 0 unspecified atom stereocenters. The van der Waals surface area contributed by atoms with Gasteiger partial charge in [-0.15, -0.1) is 0 Å². The number of Topliss-reactive ketones (excluding diaryl/α,β-unsaturated/α-hetero) is 1. The first kappa shape index (κ1) is 22.7. The van der Waals surface area contributed by atoms with Gasteiger partial charge >= 0.3 is 5.97 Å². The molecule has 0 saturated carbocycles. The summed E-state index contributed by atoms with van der Waals surface area (Å²) < 4.78 is 43.4. The molecular formula is C21H24FNO5S. The van der Waals surface area contributed by atoms with Crippen molar-refractivity contribution >= 4 is 21.8 Å². The van der Waals surface area contributed by atoms with Gasteiger partial charge in [-0.2, -0.15) is 4.31 Å². The molecular weight excluding hydrogens is 397 g/mol. The Morgan fingerprint density at radius 3 is 2.21 bits per heavy atom. The molecule has 0 fully saturated rings. The van der Waals surface area contributed by atoms with Gasteiger partial charge in [0.15, 0.2) is 12.4 Å². The van der Waals surface area contributed by atoms with E-state index in [9.17, 15) is 22.4 Å². The lowest BCUT2D eigenvalue weighted by molar-refractivity contribution is -0.142. The van der Waals surface area contributed by atoms with Gasteiger partial charge in [-0.25, -0.2) is 12.8 Å². The number of benzene rings is 2. The van der Waals surface area contributed by atoms with Crippen molar-refractivity contribution in [3.63, 3.8) is 0 Å². The van der Waals surface area contributed by atoms with E-state index in [1.54, 1.807) is 12.1 Å². The van der Waals surface area contributed by atoms with E-state index in [-0.39, 0.29) is 10.7 Å². The Kier molecular flexibility index (Phi) is 7.64. The highest BCUT2D eigenvalue weighted by Crippen LogP contribution is 2.19. The van der Waals surface area contributed by atoms with Gasteiger partial charge in [-0.1, -0.05) is 38.1 Å². The zero-order valence-electron chi connectivity index (χ0n) is 16.6. The summed E-state index contributed by atoms with van der Waals surface area (Å²) in [5.41, 5.74) is 1.53. The molecule has 0 N–H and O–H groups in total.